The number of rotatable bonds is 6. The quantitative estimate of drug-likeness (QED) is 0.518. The Balaban J connectivity index is 1.36. The molecule has 0 atom stereocenters. The lowest BCUT2D eigenvalue weighted by molar-refractivity contribution is -0.129. The molecule has 0 N–H and O–H groups in total. The van der Waals surface area contributed by atoms with Crippen molar-refractivity contribution in [1.29, 1.82) is 0 Å². The highest BCUT2D eigenvalue weighted by molar-refractivity contribution is 5.74. The van der Waals surface area contributed by atoms with Crippen LogP contribution in [0.2, 0.25) is 0 Å². The fraction of sp³-hybridized carbons (Fsp3) is 0.462. The van der Waals surface area contributed by atoms with Gasteiger partial charge in [-0.3, -0.25) is 14.4 Å². The fourth-order valence-electron chi connectivity index (χ4n) is 4.89. The summed E-state index contributed by atoms with van der Waals surface area (Å²) in [6.45, 7) is 7.10. The molecule has 2 aliphatic rings. The number of aromatic nitrogens is 4. The lowest BCUT2D eigenvalue weighted by Gasteiger charge is -2.37. The highest BCUT2D eigenvalue weighted by Crippen LogP contribution is 2.32. The van der Waals surface area contributed by atoms with Crippen LogP contribution in [0.15, 0.2) is 30.6 Å². The van der Waals surface area contributed by atoms with E-state index in [9.17, 15) is 4.79 Å². The smallest absolute Gasteiger partial charge is 0.219 e. The van der Waals surface area contributed by atoms with E-state index in [-0.39, 0.29) is 5.91 Å². The van der Waals surface area contributed by atoms with Gasteiger partial charge in [-0.05, 0) is 6.07 Å². The molecule has 5 rings (SSSR count). The molecule has 36 heavy (non-hydrogen) atoms. The number of ether oxygens (including phenoxy) is 2. The summed E-state index contributed by atoms with van der Waals surface area (Å²) in [6, 6.07) is 5.98. The molecule has 0 aliphatic carbocycles. The summed E-state index contributed by atoms with van der Waals surface area (Å²) < 4.78 is 12.7. The first-order valence-corrected chi connectivity index (χ1v) is 12.3. The van der Waals surface area contributed by atoms with E-state index in [1.54, 1.807) is 25.8 Å². The molecule has 0 saturated carbocycles. The molecule has 2 aromatic heterocycles. The molecule has 0 unspecified atom stereocenters. The number of methoxy groups -OCH3 is 2. The largest absolute Gasteiger partial charge is 0.497 e. The van der Waals surface area contributed by atoms with E-state index in [1.165, 1.54) is 0 Å². The normalized spacial score (nSPS) is 16.1. The van der Waals surface area contributed by atoms with Gasteiger partial charge in [0.25, 0.3) is 0 Å². The predicted octanol–water partition coefficient (Wildman–Crippen LogP) is 2.12. The van der Waals surface area contributed by atoms with E-state index >= 15 is 0 Å². The minimum atomic E-state index is 0.0686. The van der Waals surface area contributed by atoms with Gasteiger partial charge in [-0.15, -0.1) is 0 Å². The summed E-state index contributed by atoms with van der Waals surface area (Å²) in [7, 11) is 5.26. The highest BCUT2D eigenvalue weighted by atomic mass is 16.5. The number of anilines is 1. The Morgan fingerprint density at radius 1 is 1.03 bits per heavy atom. The minimum Gasteiger partial charge on any atom is -0.497 e. The Morgan fingerprint density at radius 3 is 2.50 bits per heavy atom. The Morgan fingerprint density at radius 2 is 1.83 bits per heavy atom. The summed E-state index contributed by atoms with van der Waals surface area (Å²) in [6.07, 6.45) is 4.52. The van der Waals surface area contributed by atoms with Crippen molar-refractivity contribution < 1.29 is 14.3 Å². The van der Waals surface area contributed by atoms with Crippen molar-refractivity contribution >= 4 is 11.7 Å². The number of benzene rings is 1. The van der Waals surface area contributed by atoms with Gasteiger partial charge in [0.2, 0.25) is 5.91 Å². The molecule has 1 aromatic carbocycles. The average molecular weight is 492 g/mol. The zero-order chi connectivity index (χ0) is 25.2. The lowest BCUT2D eigenvalue weighted by atomic mass is 10.1. The summed E-state index contributed by atoms with van der Waals surface area (Å²) >= 11 is 0. The number of amides is 1. The third-order valence-corrected chi connectivity index (χ3v) is 6.98. The average Bonchev–Trinajstić information content (AvgIpc) is 3.34. The second-order valence-electron chi connectivity index (χ2n) is 9.32. The Kier molecular flexibility index (Phi) is 6.77. The fourth-order valence-corrected chi connectivity index (χ4v) is 4.89. The van der Waals surface area contributed by atoms with E-state index in [1.807, 2.05) is 36.5 Å². The van der Waals surface area contributed by atoms with Crippen LogP contribution in [-0.4, -0.2) is 82.4 Å². The maximum atomic E-state index is 12.0. The number of hydrogen-bond acceptors (Lipinski definition) is 8. The van der Waals surface area contributed by atoms with Gasteiger partial charge >= 0.3 is 0 Å². The molecule has 2 aliphatic heterocycles. The first kappa shape index (κ1) is 24.1. The first-order chi connectivity index (χ1) is 17.4. The van der Waals surface area contributed by atoms with Crippen molar-refractivity contribution in [2.24, 2.45) is 7.05 Å². The van der Waals surface area contributed by atoms with Crippen molar-refractivity contribution in [2.45, 2.75) is 26.4 Å². The molecular formula is C26H33N7O3. The standard InChI is InChI=1S/C26H33N7O3/c1-18(34)33-8-7-22-23(17-33)28-25(20-14-27-30(2)15-20)26(29-22)32-11-9-31(10-12-32)16-19-5-6-21(35-3)13-24(19)36-4/h5-6,13-15H,7-12,16-17H2,1-4H3. The summed E-state index contributed by atoms with van der Waals surface area (Å²) in [5, 5.41) is 4.36. The van der Waals surface area contributed by atoms with Gasteiger partial charge in [0.1, 0.15) is 17.2 Å². The van der Waals surface area contributed by atoms with Gasteiger partial charge < -0.3 is 19.3 Å². The van der Waals surface area contributed by atoms with Crippen molar-refractivity contribution in [2.75, 3.05) is 51.8 Å². The molecule has 10 nitrogen and oxygen atoms in total. The molecule has 1 saturated heterocycles. The van der Waals surface area contributed by atoms with Gasteiger partial charge in [-0.2, -0.15) is 5.10 Å². The van der Waals surface area contributed by atoms with E-state index in [0.717, 1.165) is 84.7 Å². The summed E-state index contributed by atoms with van der Waals surface area (Å²) in [5.41, 5.74) is 4.78. The van der Waals surface area contributed by atoms with Crippen molar-refractivity contribution in [1.82, 2.24) is 29.5 Å². The molecule has 0 radical (unpaired) electrons. The van der Waals surface area contributed by atoms with Crippen LogP contribution in [0.4, 0.5) is 5.82 Å². The molecule has 190 valence electrons. The van der Waals surface area contributed by atoms with Crippen LogP contribution < -0.4 is 14.4 Å². The van der Waals surface area contributed by atoms with Gasteiger partial charge in [-0.1, -0.05) is 6.07 Å². The number of aryl methyl sites for hydroxylation is 1. The molecular weight excluding hydrogens is 458 g/mol. The maximum absolute atomic E-state index is 12.0. The number of carbonyl (C=O) groups excluding carboxylic acids is 1. The molecule has 0 spiro atoms. The number of nitrogens with zero attached hydrogens (tertiary/aromatic N) is 7. The monoisotopic (exact) mass is 491 g/mol. The van der Waals surface area contributed by atoms with Crippen LogP contribution >= 0.6 is 0 Å². The van der Waals surface area contributed by atoms with Gasteiger partial charge in [0.15, 0.2) is 5.82 Å². The van der Waals surface area contributed by atoms with Crippen LogP contribution in [0.5, 0.6) is 11.5 Å². The zero-order valence-corrected chi connectivity index (χ0v) is 21.4. The van der Waals surface area contributed by atoms with Crippen molar-refractivity contribution in [3.8, 4) is 22.8 Å². The zero-order valence-electron chi connectivity index (χ0n) is 21.4. The highest BCUT2D eigenvalue weighted by Gasteiger charge is 2.28. The molecule has 4 heterocycles. The number of fused-ring (bicyclic) bond motifs is 1. The third-order valence-electron chi connectivity index (χ3n) is 6.98. The van der Waals surface area contributed by atoms with Crippen LogP contribution in [0.1, 0.15) is 23.9 Å². The summed E-state index contributed by atoms with van der Waals surface area (Å²) in [4.78, 5) is 28.7. The first-order valence-electron chi connectivity index (χ1n) is 12.3. The van der Waals surface area contributed by atoms with Crippen LogP contribution in [-0.2, 0) is 31.4 Å². The van der Waals surface area contributed by atoms with Gasteiger partial charge in [-0.25, -0.2) is 9.97 Å². The number of carbonyl (C=O) groups is 1. The molecule has 10 heteroatoms. The second-order valence-corrected chi connectivity index (χ2v) is 9.32. The number of hydrogen-bond donors (Lipinski definition) is 0. The van der Waals surface area contributed by atoms with Crippen LogP contribution in [0.3, 0.4) is 0 Å². The minimum absolute atomic E-state index is 0.0686. The molecule has 1 amide bonds. The van der Waals surface area contributed by atoms with E-state index in [2.05, 4.69) is 21.0 Å². The Hall–Kier alpha value is -3.66. The Bertz CT molecular complexity index is 1250. The van der Waals surface area contributed by atoms with Crippen molar-refractivity contribution in [3.63, 3.8) is 0 Å². The van der Waals surface area contributed by atoms with E-state index < -0.39 is 0 Å². The second kappa shape index (κ2) is 10.1. The van der Waals surface area contributed by atoms with E-state index in [0.29, 0.717) is 13.1 Å². The van der Waals surface area contributed by atoms with Gasteiger partial charge in [0.05, 0.1) is 38.3 Å². The molecule has 0 bridgehead atoms. The van der Waals surface area contributed by atoms with Crippen molar-refractivity contribution in [3.05, 3.63) is 47.5 Å². The molecule has 1 fully saturated rings. The Labute approximate surface area is 211 Å². The summed E-state index contributed by atoms with van der Waals surface area (Å²) in [5.74, 6) is 2.61. The SMILES string of the molecule is COc1ccc(CN2CCN(c3nc4c(nc3-c3cnn(C)c3)CN(C(C)=O)CC4)CC2)c(OC)c1. The van der Waals surface area contributed by atoms with Gasteiger partial charge in [0, 0.05) is 83.1 Å². The van der Waals surface area contributed by atoms with Crippen LogP contribution in [0, 0.1) is 0 Å². The topological polar surface area (TPSA) is 88.9 Å². The lowest BCUT2D eigenvalue weighted by Crippen LogP contribution is -2.46. The predicted molar refractivity (Wildman–Crippen MR) is 136 cm³/mol. The van der Waals surface area contributed by atoms with E-state index in [4.69, 9.17) is 19.4 Å². The van der Waals surface area contributed by atoms with Crippen LogP contribution in [0.25, 0.3) is 11.3 Å². The maximum Gasteiger partial charge on any atom is 0.219 e. The third kappa shape index (κ3) is 4.86. The number of piperazine rings is 1. The molecule has 3 aromatic rings.